The SMILES string of the molecule is COc1ccc(C2CCCCCCC2)cc1. The van der Waals surface area contributed by atoms with E-state index in [9.17, 15) is 0 Å². The van der Waals surface area contributed by atoms with Gasteiger partial charge in [-0.2, -0.15) is 0 Å². The Hall–Kier alpha value is -0.980. The molecule has 0 N–H and O–H groups in total. The predicted molar refractivity (Wildman–Crippen MR) is 68.1 cm³/mol. The number of benzene rings is 1. The Labute approximate surface area is 98.8 Å². The topological polar surface area (TPSA) is 9.23 Å². The Morgan fingerprint density at radius 2 is 1.44 bits per heavy atom. The molecule has 0 saturated heterocycles. The van der Waals surface area contributed by atoms with E-state index in [0.29, 0.717) is 0 Å². The first-order chi connectivity index (χ1) is 7.90. The Morgan fingerprint density at radius 1 is 0.875 bits per heavy atom. The third kappa shape index (κ3) is 3.01. The zero-order valence-corrected chi connectivity index (χ0v) is 10.2. The van der Waals surface area contributed by atoms with Crippen LogP contribution in [0.2, 0.25) is 0 Å². The fourth-order valence-corrected chi connectivity index (χ4v) is 2.67. The summed E-state index contributed by atoms with van der Waals surface area (Å²) in [5.74, 6) is 1.75. The Morgan fingerprint density at radius 3 is 2.00 bits per heavy atom. The van der Waals surface area contributed by atoms with Crippen LogP contribution in [0.25, 0.3) is 0 Å². The van der Waals surface area contributed by atoms with E-state index in [2.05, 4.69) is 24.3 Å². The van der Waals surface area contributed by atoms with E-state index in [1.165, 1.54) is 50.5 Å². The number of hydrogen-bond acceptors (Lipinski definition) is 1. The largest absolute Gasteiger partial charge is 0.497 e. The molecule has 1 fully saturated rings. The molecule has 0 unspecified atom stereocenters. The molecule has 0 atom stereocenters. The molecule has 16 heavy (non-hydrogen) atoms. The lowest BCUT2D eigenvalue weighted by molar-refractivity contribution is 0.413. The minimum atomic E-state index is 0.784. The van der Waals surface area contributed by atoms with Crippen molar-refractivity contribution < 1.29 is 4.74 Å². The molecule has 1 aliphatic carbocycles. The average Bonchev–Trinajstić information content (AvgIpc) is 2.29. The summed E-state index contributed by atoms with van der Waals surface area (Å²) in [5.41, 5.74) is 1.50. The molecule has 0 amide bonds. The van der Waals surface area contributed by atoms with Crippen LogP contribution in [-0.4, -0.2) is 7.11 Å². The Balaban J connectivity index is 2.02. The summed E-state index contributed by atoms with van der Waals surface area (Å²) in [5, 5.41) is 0. The minimum Gasteiger partial charge on any atom is -0.497 e. The smallest absolute Gasteiger partial charge is 0.118 e. The fourth-order valence-electron chi connectivity index (χ4n) is 2.67. The maximum Gasteiger partial charge on any atom is 0.118 e. The van der Waals surface area contributed by atoms with Crippen molar-refractivity contribution in [3.63, 3.8) is 0 Å². The van der Waals surface area contributed by atoms with E-state index in [4.69, 9.17) is 4.74 Å². The highest BCUT2D eigenvalue weighted by Crippen LogP contribution is 2.31. The highest BCUT2D eigenvalue weighted by Gasteiger charge is 2.13. The maximum atomic E-state index is 5.20. The van der Waals surface area contributed by atoms with Crippen molar-refractivity contribution in [2.75, 3.05) is 7.11 Å². The zero-order valence-electron chi connectivity index (χ0n) is 10.2. The lowest BCUT2D eigenvalue weighted by atomic mass is 9.86. The van der Waals surface area contributed by atoms with Crippen LogP contribution in [0.3, 0.4) is 0 Å². The number of methoxy groups -OCH3 is 1. The summed E-state index contributed by atoms with van der Waals surface area (Å²) in [7, 11) is 1.73. The van der Waals surface area contributed by atoms with E-state index in [0.717, 1.165) is 11.7 Å². The summed E-state index contributed by atoms with van der Waals surface area (Å²) >= 11 is 0. The number of hydrogen-bond donors (Lipinski definition) is 0. The van der Waals surface area contributed by atoms with Gasteiger partial charge in [-0.1, -0.05) is 44.2 Å². The monoisotopic (exact) mass is 218 g/mol. The van der Waals surface area contributed by atoms with Gasteiger partial charge in [0.1, 0.15) is 5.75 Å². The van der Waals surface area contributed by atoms with Crippen LogP contribution in [0.1, 0.15) is 56.4 Å². The Kier molecular flexibility index (Phi) is 4.26. The van der Waals surface area contributed by atoms with Crippen molar-refractivity contribution in [2.24, 2.45) is 0 Å². The third-order valence-electron chi connectivity index (χ3n) is 3.69. The molecule has 0 spiro atoms. The van der Waals surface area contributed by atoms with E-state index >= 15 is 0 Å². The van der Waals surface area contributed by atoms with Crippen LogP contribution in [0.4, 0.5) is 0 Å². The molecule has 1 saturated carbocycles. The fraction of sp³-hybridized carbons (Fsp3) is 0.600. The van der Waals surface area contributed by atoms with Gasteiger partial charge in [-0.3, -0.25) is 0 Å². The van der Waals surface area contributed by atoms with Gasteiger partial charge in [0, 0.05) is 0 Å². The standard InChI is InChI=1S/C15H22O/c1-16-15-11-9-14(10-12-15)13-7-5-3-2-4-6-8-13/h9-13H,2-8H2,1H3. The molecule has 88 valence electrons. The van der Waals surface area contributed by atoms with Crippen molar-refractivity contribution in [1.82, 2.24) is 0 Å². The third-order valence-corrected chi connectivity index (χ3v) is 3.69. The summed E-state index contributed by atoms with van der Waals surface area (Å²) in [4.78, 5) is 0. The van der Waals surface area contributed by atoms with Gasteiger partial charge in [0.05, 0.1) is 7.11 Å². The normalized spacial score (nSPS) is 18.8. The van der Waals surface area contributed by atoms with Crippen LogP contribution in [0, 0.1) is 0 Å². The van der Waals surface area contributed by atoms with E-state index < -0.39 is 0 Å². The molecule has 0 heterocycles. The number of rotatable bonds is 2. The summed E-state index contributed by atoms with van der Waals surface area (Å²) in [6.07, 6.45) is 9.82. The first-order valence-electron chi connectivity index (χ1n) is 6.54. The van der Waals surface area contributed by atoms with Gasteiger partial charge >= 0.3 is 0 Å². The second kappa shape index (κ2) is 5.93. The van der Waals surface area contributed by atoms with Crippen LogP contribution in [0.15, 0.2) is 24.3 Å². The summed E-state index contributed by atoms with van der Waals surface area (Å²) in [6, 6.07) is 8.67. The molecule has 0 bridgehead atoms. The van der Waals surface area contributed by atoms with Crippen molar-refractivity contribution in [3.05, 3.63) is 29.8 Å². The minimum absolute atomic E-state index is 0.784. The van der Waals surface area contributed by atoms with Crippen LogP contribution >= 0.6 is 0 Å². The van der Waals surface area contributed by atoms with Gasteiger partial charge in [-0.05, 0) is 36.5 Å². The molecule has 1 aromatic carbocycles. The van der Waals surface area contributed by atoms with Gasteiger partial charge in [-0.15, -0.1) is 0 Å². The van der Waals surface area contributed by atoms with Crippen molar-refractivity contribution in [3.8, 4) is 5.75 Å². The molecule has 1 heteroatoms. The number of ether oxygens (including phenoxy) is 1. The van der Waals surface area contributed by atoms with Gasteiger partial charge in [0.2, 0.25) is 0 Å². The Bertz CT molecular complexity index is 294. The van der Waals surface area contributed by atoms with Crippen LogP contribution in [0.5, 0.6) is 5.75 Å². The lowest BCUT2D eigenvalue weighted by Crippen LogP contribution is -2.02. The van der Waals surface area contributed by atoms with Gasteiger partial charge in [-0.25, -0.2) is 0 Å². The van der Waals surface area contributed by atoms with E-state index in [-0.39, 0.29) is 0 Å². The molecule has 0 aliphatic heterocycles. The van der Waals surface area contributed by atoms with Crippen molar-refractivity contribution in [1.29, 1.82) is 0 Å². The quantitative estimate of drug-likeness (QED) is 0.709. The highest BCUT2D eigenvalue weighted by atomic mass is 16.5. The lowest BCUT2D eigenvalue weighted by Gasteiger charge is -2.20. The maximum absolute atomic E-state index is 5.20. The van der Waals surface area contributed by atoms with Crippen LogP contribution in [-0.2, 0) is 0 Å². The van der Waals surface area contributed by atoms with Crippen LogP contribution < -0.4 is 4.74 Å². The van der Waals surface area contributed by atoms with E-state index in [1.807, 2.05) is 0 Å². The average molecular weight is 218 g/mol. The van der Waals surface area contributed by atoms with Crippen molar-refractivity contribution >= 4 is 0 Å². The first-order valence-corrected chi connectivity index (χ1v) is 6.54. The van der Waals surface area contributed by atoms with Gasteiger partial charge < -0.3 is 4.74 Å². The second-order valence-electron chi connectivity index (χ2n) is 4.82. The molecule has 1 aliphatic rings. The summed E-state index contributed by atoms with van der Waals surface area (Å²) in [6.45, 7) is 0. The van der Waals surface area contributed by atoms with E-state index in [1.54, 1.807) is 7.11 Å². The molecular weight excluding hydrogens is 196 g/mol. The zero-order chi connectivity index (χ0) is 11.2. The predicted octanol–water partition coefficient (Wildman–Crippen LogP) is 4.52. The molecular formula is C15H22O. The molecule has 0 radical (unpaired) electrons. The molecule has 0 aromatic heterocycles. The first kappa shape index (κ1) is 11.5. The molecule has 1 nitrogen and oxygen atoms in total. The van der Waals surface area contributed by atoms with Gasteiger partial charge in [0.15, 0.2) is 0 Å². The van der Waals surface area contributed by atoms with Crippen molar-refractivity contribution in [2.45, 2.75) is 50.9 Å². The molecule has 2 rings (SSSR count). The summed E-state index contributed by atoms with van der Waals surface area (Å²) < 4.78 is 5.20. The highest BCUT2D eigenvalue weighted by molar-refractivity contribution is 5.29. The van der Waals surface area contributed by atoms with Gasteiger partial charge in [0.25, 0.3) is 0 Å². The second-order valence-corrected chi connectivity index (χ2v) is 4.82. The molecule has 1 aromatic rings.